The average molecular weight is 249 g/mol. The lowest BCUT2D eigenvalue weighted by Gasteiger charge is -2.22. The minimum Gasteiger partial charge on any atom is -0.399 e. The zero-order chi connectivity index (χ0) is 13.4. The zero-order valence-electron chi connectivity index (χ0n) is 12.0. The molecule has 0 atom stereocenters. The van der Waals surface area contributed by atoms with E-state index in [0.29, 0.717) is 0 Å². The van der Waals surface area contributed by atoms with Gasteiger partial charge in [-0.1, -0.05) is 19.1 Å². The summed E-state index contributed by atoms with van der Waals surface area (Å²) in [5, 5.41) is 0. The molecule has 0 heterocycles. The van der Waals surface area contributed by atoms with Crippen LogP contribution in [0.2, 0.25) is 0 Å². The summed E-state index contributed by atoms with van der Waals surface area (Å²) in [5.41, 5.74) is 7.90. The molecular weight excluding hydrogens is 222 g/mol. The van der Waals surface area contributed by atoms with Gasteiger partial charge in [0.05, 0.1) is 0 Å². The van der Waals surface area contributed by atoms with Crippen molar-refractivity contribution in [2.45, 2.75) is 26.3 Å². The van der Waals surface area contributed by atoms with Crippen LogP contribution in [0.5, 0.6) is 0 Å². The van der Waals surface area contributed by atoms with E-state index in [1.165, 1.54) is 18.4 Å². The van der Waals surface area contributed by atoms with E-state index in [9.17, 15) is 0 Å². The summed E-state index contributed by atoms with van der Waals surface area (Å²) in [6, 6.07) is 8.23. The number of anilines is 1. The molecule has 1 rings (SSSR count). The molecule has 0 saturated carbocycles. The Balaban J connectivity index is 2.43. The first-order chi connectivity index (χ1) is 8.61. The van der Waals surface area contributed by atoms with Crippen LogP contribution in [0.4, 0.5) is 5.69 Å². The SMILES string of the molecule is CCCN(CCCN(C)C)Cc1ccc(N)cc1. The van der Waals surface area contributed by atoms with E-state index in [1.807, 2.05) is 12.1 Å². The smallest absolute Gasteiger partial charge is 0.0314 e. The molecule has 0 radical (unpaired) electrons. The Morgan fingerprint density at radius 2 is 1.67 bits per heavy atom. The van der Waals surface area contributed by atoms with Crippen molar-refractivity contribution in [1.29, 1.82) is 0 Å². The first-order valence-corrected chi connectivity index (χ1v) is 6.83. The summed E-state index contributed by atoms with van der Waals surface area (Å²) in [4.78, 5) is 4.77. The van der Waals surface area contributed by atoms with Gasteiger partial charge in [-0.15, -0.1) is 0 Å². The highest BCUT2D eigenvalue weighted by Gasteiger charge is 2.05. The summed E-state index contributed by atoms with van der Waals surface area (Å²) in [6.45, 7) is 6.75. The Kier molecular flexibility index (Phi) is 6.76. The van der Waals surface area contributed by atoms with Crippen molar-refractivity contribution in [3.8, 4) is 0 Å². The predicted molar refractivity (Wildman–Crippen MR) is 79.6 cm³/mol. The van der Waals surface area contributed by atoms with E-state index in [2.05, 4.69) is 43.0 Å². The largest absolute Gasteiger partial charge is 0.399 e. The van der Waals surface area contributed by atoms with Crippen LogP contribution in [0.3, 0.4) is 0 Å². The van der Waals surface area contributed by atoms with Gasteiger partial charge in [0.25, 0.3) is 0 Å². The summed E-state index contributed by atoms with van der Waals surface area (Å²) < 4.78 is 0. The van der Waals surface area contributed by atoms with E-state index in [-0.39, 0.29) is 0 Å². The molecule has 0 amide bonds. The van der Waals surface area contributed by atoms with Crippen molar-refractivity contribution >= 4 is 5.69 Å². The second-order valence-corrected chi connectivity index (χ2v) is 5.17. The maximum atomic E-state index is 5.71. The molecule has 18 heavy (non-hydrogen) atoms. The number of hydrogen-bond donors (Lipinski definition) is 1. The molecule has 0 saturated heterocycles. The zero-order valence-corrected chi connectivity index (χ0v) is 12.0. The first-order valence-electron chi connectivity index (χ1n) is 6.83. The van der Waals surface area contributed by atoms with Gasteiger partial charge in [0, 0.05) is 12.2 Å². The van der Waals surface area contributed by atoms with Gasteiger partial charge in [-0.2, -0.15) is 0 Å². The fourth-order valence-electron chi connectivity index (χ4n) is 2.08. The van der Waals surface area contributed by atoms with E-state index >= 15 is 0 Å². The van der Waals surface area contributed by atoms with Gasteiger partial charge in [-0.3, -0.25) is 4.90 Å². The third-order valence-electron chi connectivity index (χ3n) is 3.01. The van der Waals surface area contributed by atoms with E-state index < -0.39 is 0 Å². The second-order valence-electron chi connectivity index (χ2n) is 5.17. The normalized spacial score (nSPS) is 11.4. The Hall–Kier alpha value is -1.06. The van der Waals surface area contributed by atoms with Gasteiger partial charge in [0.2, 0.25) is 0 Å². The molecule has 1 aromatic carbocycles. The van der Waals surface area contributed by atoms with Crippen molar-refractivity contribution in [1.82, 2.24) is 9.80 Å². The van der Waals surface area contributed by atoms with E-state index in [1.54, 1.807) is 0 Å². The molecule has 3 nitrogen and oxygen atoms in total. The Morgan fingerprint density at radius 3 is 2.22 bits per heavy atom. The summed E-state index contributed by atoms with van der Waals surface area (Å²) >= 11 is 0. The summed E-state index contributed by atoms with van der Waals surface area (Å²) in [7, 11) is 4.26. The van der Waals surface area contributed by atoms with E-state index in [0.717, 1.165) is 31.9 Å². The Bertz CT molecular complexity index is 319. The van der Waals surface area contributed by atoms with Gasteiger partial charge in [-0.25, -0.2) is 0 Å². The van der Waals surface area contributed by atoms with Gasteiger partial charge in [0.1, 0.15) is 0 Å². The molecule has 3 heteroatoms. The standard InChI is InChI=1S/C15H27N3/c1-4-10-18(12-5-11-17(2)3)13-14-6-8-15(16)9-7-14/h6-9H,4-5,10-13,16H2,1-3H3. The molecule has 0 bridgehead atoms. The molecule has 102 valence electrons. The van der Waals surface area contributed by atoms with Crippen LogP contribution in [-0.2, 0) is 6.54 Å². The number of nitrogen functional groups attached to an aromatic ring is 1. The third-order valence-corrected chi connectivity index (χ3v) is 3.01. The molecule has 1 aromatic rings. The number of rotatable bonds is 8. The van der Waals surface area contributed by atoms with Gasteiger partial charge < -0.3 is 10.6 Å². The fourth-order valence-corrected chi connectivity index (χ4v) is 2.08. The molecule has 0 aromatic heterocycles. The van der Waals surface area contributed by atoms with Crippen LogP contribution < -0.4 is 5.73 Å². The third kappa shape index (κ3) is 6.03. The van der Waals surface area contributed by atoms with Crippen LogP contribution in [0, 0.1) is 0 Å². The lowest BCUT2D eigenvalue weighted by atomic mass is 10.2. The average Bonchev–Trinajstić information content (AvgIpc) is 2.32. The molecular formula is C15H27N3. The quantitative estimate of drug-likeness (QED) is 0.718. The molecule has 0 fully saturated rings. The van der Waals surface area contributed by atoms with Crippen molar-refractivity contribution in [2.24, 2.45) is 0 Å². The van der Waals surface area contributed by atoms with Crippen molar-refractivity contribution in [2.75, 3.05) is 39.5 Å². The maximum absolute atomic E-state index is 5.71. The van der Waals surface area contributed by atoms with Crippen LogP contribution in [-0.4, -0.2) is 43.5 Å². The first kappa shape index (κ1) is 15.0. The fraction of sp³-hybridized carbons (Fsp3) is 0.600. The molecule has 0 aliphatic heterocycles. The summed E-state index contributed by atoms with van der Waals surface area (Å²) in [6.07, 6.45) is 2.43. The minimum atomic E-state index is 0.841. The Labute approximate surface area is 112 Å². The molecule has 0 spiro atoms. The van der Waals surface area contributed by atoms with Gasteiger partial charge >= 0.3 is 0 Å². The van der Waals surface area contributed by atoms with Crippen molar-refractivity contribution < 1.29 is 0 Å². The molecule has 0 aliphatic rings. The molecule has 0 aliphatic carbocycles. The minimum absolute atomic E-state index is 0.841. The highest BCUT2D eigenvalue weighted by molar-refractivity contribution is 5.39. The lowest BCUT2D eigenvalue weighted by Crippen LogP contribution is -2.27. The van der Waals surface area contributed by atoms with Gasteiger partial charge in [0.15, 0.2) is 0 Å². The topological polar surface area (TPSA) is 32.5 Å². The highest BCUT2D eigenvalue weighted by Crippen LogP contribution is 2.09. The van der Waals surface area contributed by atoms with Crippen molar-refractivity contribution in [3.05, 3.63) is 29.8 Å². The monoisotopic (exact) mass is 249 g/mol. The Morgan fingerprint density at radius 1 is 1.00 bits per heavy atom. The number of benzene rings is 1. The molecule has 0 unspecified atom stereocenters. The van der Waals surface area contributed by atoms with Gasteiger partial charge in [-0.05, 0) is 64.3 Å². The number of hydrogen-bond acceptors (Lipinski definition) is 3. The molecule has 2 N–H and O–H groups in total. The van der Waals surface area contributed by atoms with Crippen LogP contribution >= 0.6 is 0 Å². The lowest BCUT2D eigenvalue weighted by molar-refractivity contribution is 0.248. The van der Waals surface area contributed by atoms with E-state index in [4.69, 9.17) is 5.73 Å². The number of nitrogens with zero attached hydrogens (tertiary/aromatic N) is 2. The summed E-state index contributed by atoms with van der Waals surface area (Å²) in [5.74, 6) is 0. The van der Waals surface area contributed by atoms with Crippen molar-refractivity contribution in [3.63, 3.8) is 0 Å². The van der Waals surface area contributed by atoms with Crippen LogP contribution in [0.15, 0.2) is 24.3 Å². The maximum Gasteiger partial charge on any atom is 0.0314 e. The highest BCUT2D eigenvalue weighted by atomic mass is 15.1. The predicted octanol–water partition coefficient (Wildman–Crippen LogP) is 2.43. The van der Waals surface area contributed by atoms with Crippen LogP contribution in [0.25, 0.3) is 0 Å². The van der Waals surface area contributed by atoms with Crippen LogP contribution in [0.1, 0.15) is 25.3 Å². The number of nitrogens with two attached hydrogens (primary N) is 1. The second kappa shape index (κ2) is 8.11.